The van der Waals surface area contributed by atoms with Crippen molar-refractivity contribution in [1.82, 2.24) is 0 Å². The maximum absolute atomic E-state index is 11.1. The van der Waals surface area contributed by atoms with Crippen molar-refractivity contribution in [2.24, 2.45) is 0 Å². The minimum absolute atomic E-state index is 0.358. The van der Waals surface area contributed by atoms with Crippen molar-refractivity contribution >= 4 is 0 Å². The molecule has 6 heteroatoms. The zero-order valence-corrected chi connectivity index (χ0v) is 21.4. The zero-order chi connectivity index (χ0) is 25.9. The van der Waals surface area contributed by atoms with E-state index < -0.39 is 12.2 Å². The maximum Gasteiger partial charge on any atom is 0.161 e. The molecule has 1 heterocycles. The number of aliphatic hydroxyl groups is 1. The quantitative estimate of drug-likeness (QED) is 0.333. The SMILES string of the molecule is COc1ccc([C@H]2Oc3c(c(OC)cc(OC)c3-c3ccc(-c4ccccc4)cc3)C[C@@H]2O)cc1OC. The molecule has 1 aliphatic rings. The van der Waals surface area contributed by atoms with E-state index in [0.29, 0.717) is 35.2 Å². The Hall–Kier alpha value is -4.16. The summed E-state index contributed by atoms with van der Waals surface area (Å²) >= 11 is 0. The summed E-state index contributed by atoms with van der Waals surface area (Å²) in [7, 11) is 6.42. The Morgan fingerprint density at radius 1 is 0.649 bits per heavy atom. The van der Waals surface area contributed by atoms with Crippen LogP contribution in [0, 0.1) is 0 Å². The molecule has 4 aromatic carbocycles. The van der Waals surface area contributed by atoms with Gasteiger partial charge in [0.1, 0.15) is 23.4 Å². The van der Waals surface area contributed by atoms with Crippen LogP contribution in [-0.4, -0.2) is 39.6 Å². The van der Waals surface area contributed by atoms with E-state index in [1.54, 1.807) is 28.4 Å². The second-order valence-corrected chi connectivity index (χ2v) is 8.83. The first-order valence-electron chi connectivity index (χ1n) is 12.1. The van der Waals surface area contributed by atoms with E-state index in [9.17, 15) is 5.11 Å². The molecule has 0 amide bonds. The van der Waals surface area contributed by atoms with Crippen molar-refractivity contribution < 1.29 is 28.8 Å². The Labute approximate surface area is 217 Å². The second-order valence-electron chi connectivity index (χ2n) is 8.83. The Balaban J connectivity index is 1.61. The zero-order valence-electron chi connectivity index (χ0n) is 21.4. The summed E-state index contributed by atoms with van der Waals surface area (Å²) in [5.41, 5.74) is 5.60. The lowest BCUT2D eigenvalue weighted by Crippen LogP contribution is -2.31. The molecule has 6 nitrogen and oxygen atoms in total. The van der Waals surface area contributed by atoms with Gasteiger partial charge in [0, 0.05) is 18.1 Å². The third-order valence-corrected chi connectivity index (χ3v) is 6.77. The average Bonchev–Trinajstić information content (AvgIpc) is 2.96. The highest BCUT2D eigenvalue weighted by atomic mass is 16.5. The van der Waals surface area contributed by atoms with Gasteiger partial charge in [-0.25, -0.2) is 0 Å². The fourth-order valence-corrected chi connectivity index (χ4v) is 4.89. The van der Waals surface area contributed by atoms with E-state index in [0.717, 1.165) is 33.4 Å². The van der Waals surface area contributed by atoms with Gasteiger partial charge in [-0.15, -0.1) is 0 Å². The molecular formula is C31H30O6. The molecule has 0 saturated carbocycles. The van der Waals surface area contributed by atoms with Gasteiger partial charge in [0.25, 0.3) is 0 Å². The number of hydrogen-bond donors (Lipinski definition) is 1. The largest absolute Gasteiger partial charge is 0.496 e. The van der Waals surface area contributed by atoms with Crippen LogP contribution in [0.25, 0.3) is 22.3 Å². The predicted molar refractivity (Wildman–Crippen MR) is 143 cm³/mol. The van der Waals surface area contributed by atoms with Gasteiger partial charge in [0.2, 0.25) is 0 Å². The van der Waals surface area contributed by atoms with Crippen LogP contribution in [0.5, 0.6) is 28.7 Å². The summed E-state index contributed by atoms with van der Waals surface area (Å²) in [5, 5.41) is 11.1. The molecule has 0 radical (unpaired) electrons. The van der Waals surface area contributed by atoms with E-state index in [4.69, 9.17) is 23.7 Å². The van der Waals surface area contributed by atoms with Gasteiger partial charge in [0.05, 0.1) is 40.1 Å². The third kappa shape index (κ3) is 4.56. The van der Waals surface area contributed by atoms with Crippen LogP contribution in [0.1, 0.15) is 17.2 Å². The molecule has 1 aliphatic heterocycles. The first-order chi connectivity index (χ1) is 18.1. The average molecular weight is 499 g/mol. The molecule has 0 saturated heterocycles. The van der Waals surface area contributed by atoms with E-state index in [1.807, 2.05) is 42.5 Å². The number of benzene rings is 4. The van der Waals surface area contributed by atoms with Crippen LogP contribution in [0.15, 0.2) is 78.9 Å². The molecular weight excluding hydrogens is 468 g/mol. The molecule has 1 N–H and O–H groups in total. The number of rotatable bonds is 7. The lowest BCUT2D eigenvalue weighted by molar-refractivity contribution is 0.0201. The molecule has 0 aliphatic carbocycles. The van der Waals surface area contributed by atoms with Crippen LogP contribution in [0.4, 0.5) is 0 Å². The highest BCUT2D eigenvalue weighted by Gasteiger charge is 2.35. The number of methoxy groups -OCH3 is 4. The highest BCUT2D eigenvalue weighted by molar-refractivity contribution is 5.82. The Bertz CT molecular complexity index is 1380. The van der Waals surface area contributed by atoms with Crippen molar-refractivity contribution in [1.29, 1.82) is 0 Å². The summed E-state index contributed by atoms with van der Waals surface area (Å²) in [6.45, 7) is 0. The minimum Gasteiger partial charge on any atom is -0.496 e. The first kappa shape index (κ1) is 24.5. The fourth-order valence-electron chi connectivity index (χ4n) is 4.89. The first-order valence-corrected chi connectivity index (χ1v) is 12.1. The monoisotopic (exact) mass is 498 g/mol. The summed E-state index contributed by atoms with van der Waals surface area (Å²) in [6.07, 6.45) is -1.05. The molecule has 0 aromatic heterocycles. The van der Waals surface area contributed by atoms with Crippen molar-refractivity contribution in [2.45, 2.75) is 18.6 Å². The van der Waals surface area contributed by atoms with Gasteiger partial charge in [0.15, 0.2) is 11.5 Å². The Kier molecular flexibility index (Phi) is 6.93. The summed E-state index contributed by atoms with van der Waals surface area (Å²) in [4.78, 5) is 0. The highest BCUT2D eigenvalue weighted by Crippen LogP contribution is 2.51. The van der Waals surface area contributed by atoms with Crippen molar-refractivity contribution in [3.05, 3.63) is 90.0 Å². The van der Waals surface area contributed by atoms with Crippen molar-refractivity contribution in [2.75, 3.05) is 28.4 Å². The molecule has 0 spiro atoms. The topological polar surface area (TPSA) is 66.4 Å². The fraction of sp³-hybridized carbons (Fsp3) is 0.226. The normalized spacial score (nSPS) is 16.4. The lowest BCUT2D eigenvalue weighted by Gasteiger charge is -2.34. The Morgan fingerprint density at radius 3 is 1.92 bits per heavy atom. The molecule has 0 fully saturated rings. The van der Waals surface area contributed by atoms with E-state index in [1.165, 1.54) is 0 Å². The van der Waals surface area contributed by atoms with Crippen LogP contribution >= 0.6 is 0 Å². The molecule has 37 heavy (non-hydrogen) atoms. The van der Waals surface area contributed by atoms with Gasteiger partial charge >= 0.3 is 0 Å². The summed E-state index contributed by atoms with van der Waals surface area (Å²) in [6, 6.07) is 25.9. The maximum atomic E-state index is 11.1. The van der Waals surface area contributed by atoms with E-state index in [-0.39, 0.29) is 0 Å². The number of hydrogen-bond acceptors (Lipinski definition) is 6. The van der Waals surface area contributed by atoms with E-state index >= 15 is 0 Å². The molecule has 4 aromatic rings. The third-order valence-electron chi connectivity index (χ3n) is 6.77. The molecule has 5 rings (SSSR count). The summed E-state index contributed by atoms with van der Waals surface area (Å²) < 4.78 is 28.9. The molecule has 190 valence electrons. The number of aliphatic hydroxyl groups excluding tert-OH is 1. The smallest absolute Gasteiger partial charge is 0.161 e. The van der Waals surface area contributed by atoms with Gasteiger partial charge in [-0.1, -0.05) is 60.7 Å². The van der Waals surface area contributed by atoms with Crippen LogP contribution in [-0.2, 0) is 6.42 Å². The number of ether oxygens (including phenoxy) is 5. The van der Waals surface area contributed by atoms with Crippen LogP contribution in [0.2, 0.25) is 0 Å². The lowest BCUT2D eigenvalue weighted by atomic mass is 9.89. The predicted octanol–water partition coefficient (Wildman–Crippen LogP) is 6.09. The van der Waals surface area contributed by atoms with Crippen molar-refractivity contribution in [3.8, 4) is 51.0 Å². The molecule has 0 unspecified atom stereocenters. The molecule has 0 bridgehead atoms. The van der Waals surface area contributed by atoms with Gasteiger partial charge in [-0.05, 0) is 34.4 Å². The standard InChI is InChI=1S/C31H30O6/c1-33-25-15-14-22(16-27(25)35-3)30-24(32)17-23-26(34-2)18-28(36-4)29(31(23)37-30)21-12-10-20(11-13-21)19-8-6-5-7-9-19/h5-16,18,24,30,32H,17H2,1-4H3/t24-,30+/m0/s1. The minimum atomic E-state index is -0.791. The van der Waals surface area contributed by atoms with Gasteiger partial charge < -0.3 is 28.8 Å². The van der Waals surface area contributed by atoms with Gasteiger partial charge in [-0.2, -0.15) is 0 Å². The van der Waals surface area contributed by atoms with Gasteiger partial charge in [-0.3, -0.25) is 0 Å². The second kappa shape index (κ2) is 10.4. The number of fused-ring (bicyclic) bond motifs is 1. The molecule has 2 atom stereocenters. The summed E-state index contributed by atoms with van der Waals surface area (Å²) in [5.74, 6) is 3.06. The van der Waals surface area contributed by atoms with Crippen LogP contribution in [0.3, 0.4) is 0 Å². The van der Waals surface area contributed by atoms with E-state index in [2.05, 4.69) is 36.4 Å². The Morgan fingerprint density at radius 2 is 1.27 bits per heavy atom. The van der Waals surface area contributed by atoms with Crippen LogP contribution < -0.4 is 23.7 Å². The van der Waals surface area contributed by atoms with Crippen molar-refractivity contribution in [3.63, 3.8) is 0 Å².